The van der Waals surface area contributed by atoms with Crippen LogP contribution in [0, 0.1) is 5.41 Å². The molecule has 0 spiro atoms. The van der Waals surface area contributed by atoms with Crippen molar-refractivity contribution in [3.63, 3.8) is 0 Å². The fourth-order valence-electron chi connectivity index (χ4n) is 2.68. The predicted octanol–water partition coefficient (Wildman–Crippen LogP) is 3.11. The smallest absolute Gasteiger partial charge is 0.0716 e. The Kier molecular flexibility index (Phi) is 4.19. The number of benzene rings is 1. The van der Waals surface area contributed by atoms with E-state index >= 15 is 0 Å². The van der Waals surface area contributed by atoms with Gasteiger partial charge in [0.15, 0.2) is 0 Å². The van der Waals surface area contributed by atoms with E-state index in [-0.39, 0.29) is 0 Å². The van der Waals surface area contributed by atoms with Crippen molar-refractivity contribution in [2.24, 2.45) is 11.1 Å². The predicted molar refractivity (Wildman–Crippen MR) is 70.6 cm³/mol. The molecule has 2 atom stereocenters. The minimum Gasteiger partial charge on any atom is -0.377 e. The molecule has 0 radical (unpaired) electrons. The number of hydrogen-bond acceptors (Lipinski definition) is 2. The molecule has 0 aliphatic heterocycles. The molecule has 2 N–H and O–H groups in total. The Morgan fingerprint density at radius 3 is 2.76 bits per heavy atom. The zero-order valence-electron chi connectivity index (χ0n) is 10.7. The topological polar surface area (TPSA) is 35.2 Å². The summed E-state index contributed by atoms with van der Waals surface area (Å²) >= 11 is 0. The second-order valence-electron chi connectivity index (χ2n) is 5.60. The third-order valence-corrected chi connectivity index (χ3v) is 3.84. The first-order valence-electron chi connectivity index (χ1n) is 6.55. The van der Waals surface area contributed by atoms with Gasteiger partial charge < -0.3 is 10.5 Å². The average molecular weight is 233 g/mol. The van der Waals surface area contributed by atoms with Crippen LogP contribution in [0.1, 0.15) is 38.2 Å². The summed E-state index contributed by atoms with van der Waals surface area (Å²) in [6.07, 6.45) is 4.72. The Bertz CT molecular complexity index is 338. The molecular weight excluding hydrogens is 210 g/mol. The van der Waals surface area contributed by atoms with E-state index in [1.165, 1.54) is 18.4 Å². The van der Waals surface area contributed by atoms with Crippen molar-refractivity contribution >= 4 is 0 Å². The number of ether oxygens (including phenoxy) is 1. The molecule has 1 aromatic rings. The highest BCUT2D eigenvalue weighted by Crippen LogP contribution is 2.39. The Morgan fingerprint density at radius 2 is 2.12 bits per heavy atom. The Morgan fingerprint density at radius 1 is 1.35 bits per heavy atom. The quantitative estimate of drug-likeness (QED) is 0.793. The largest absolute Gasteiger partial charge is 0.377 e. The average Bonchev–Trinajstić information content (AvgIpc) is 2.67. The Labute approximate surface area is 104 Å². The molecule has 0 heterocycles. The molecule has 2 unspecified atom stereocenters. The van der Waals surface area contributed by atoms with Gasteiger partial charge in [-0.15, -0.1) is 0 Å². The molecule has 1 aromatic carbocycles. The van der Waals surface area contributed by atoms with Gasteiger partial charge in [0.1, 0.15) is 0 Å². The zero-order chi connectivity index (χ0) is 12.1. The van der Waals surface area contributed by atoms with E-state index in [0.29, 0.717) is 11.5 Å². The highest BCUT2D eigenvalue weighted by atomic mass is 16.5. The summed E-state index contributed by atoms with van der Waals surface area (Å²) in [6.45, 7) is 3.91. The zero-order valence-corrected chi connectivity index (χ0v) is 10.7. The molecule has 1 aliphatic rings. The number of nitrogens with two attached hydrogens (primary N) is 1. The van der Waals surface area contributed by atoms with Crippen LogP contribution >= 0.6 is 0 Å². The second kappa shape index (κ2) is 5.65. The molecule has 94 valence electrons. The summed E-state index contributed by atoms with van der Waals surface area (Å²) in [7, 11) is 0. The van der Waals surface area contributed by atoms with Gasteiger partial charge in [0.05, 0.1) is 6.61 Å². The summed E-state index contributed by atoms with van der Waals surface area (Å²) in [5, 5.41) is 0. The molecule has 0 bridgehead atoms. The Hall–Kier alpha value is -0.860. The van der Waals surface area contributed by atoms with Crippen molar-refractivity contribution in [3.8, 4) is 0 Å². The SMILES string of the molecule is CC1(CCOCc2ccccc2)CCC(N)C1. The maximum absolute atomic E-state index is 5.96. The lowest BCUT2D eigenvalue weighted by atomic mass is 9.85. The monoisotopic (exact) mass is 233 g/mol. The molecule has 17 heavy (non-hydrogen) atoms. The third kappa shape index (κ3) is 3.83. The summed E-state index contributed by atoms with van der Waals surface area (Å²) in [5.74, 6) is 0. The minimum atomic E-state index is 0.411. The molecule has 1 saturated carbocycles. The highest BCUT2D eigenvalue weighted by Gasteiger charge is 2.32. The van der Waals surface area contributed by atoms with Crippen molar-refractivity contribution in [1.29, 1.82) is 0 Å². The standard InChI is InChI=1S/C15H23NO/c1-15(8-7-14(16)11-15)9-10-17-12-13-5-3-2-4-6-13/h2-6,14H,7-12,16H2,1H3. The minimum absolute atomic E-state index is 0.411. The van der Waals surface area contributed by atoms with E-state index in [2.05, 4.69) is 31.2 Å². The summed E-state index contributed by atoms with van der Waals surface area (Å²) in [5.41, 5.74) is 7.63. The van der Waals surface area contributed by atoms with E-state index in [1.54, 1.807) is 0 Å². The lowest BCUT2D eigenvalue weighted by Gasteiger charge is -2.23. The van der Waals surface area contributed by atoms with E-state index in [0.717, 1.165) is 26.1 Å². The first-order chi connectivity index (χ1) is 8.18. The van der Waals surface area contributed by atoms with Gasteiger partial charge in [-0.2, -0.15) is 0 Å². The van der Waals surface area contributed by atoms with Crippen LogP contribution in [0.5, 0.6) is 0 Å². The Balaban J connectivity index is 1.67. The molecule has 1 fully saturated rings. The summed E-state index contributed by atoms with van der Waals surface area (Å²) in [6, 6.07) is 10.8. The summed E-state index contributed by atoms with van der Waals surface area (Å²) in [4.78, 5) is 0. The van der Waals surface area contributed by atoms with Crippen LogP contribution in [0.25, 0.3) is 0 Å². The van der Waals surface area contributed by atoms with Gasteiger partial charge in [0.25, 0.3) is 0 Å². The molecule has 2 rings (SSSR count). The maximum atomic E-state index is 5.96. The van der Waals surface area contributed by atoms with Gasteiger partial charge in [-0.05, 0) is 36.7 Å². The number of rotatable bonds is 5. The molecule has 2 nitrogen and oxygen atoms in total. The fraction of sp³-hybridized carbons (Fsp3) is 0.600. The van der Waals surface area contributed by atoms with Crippen LogP contribution < -0.4 is 5.73 Å². The van der Waals surface area contributed by atoms with Crippen molar-refractivity contribution in [2.75, 3.05) is 6.61 Å². The van der Waals surface area contributed by atoms with Gasteiger partial charge in [-0.1, -0.05) is 37.3 Å². The lowest BCUT2D eigenvalue weighted by molar-refractivity contribution is 0.0887. The van der Waals surface area contributed by atoms with Gasteiger partial charge in [0.2, 0.25) is 0 Å². The normalized spacial score (nSPS) is 28.5. The van der Waals surface area contributed by atoms with E-state index in [1.807, 2.05) is 6.07 Å². The van der Waals surface area contributed by atoms with Crippen molar-refractivity contribution in [2.45, 2.75) is 45.3 Å². The molecule has 2 heteroatoms. The van der Waals surface area contributed by atoms with Crippen LogP contribution in [0.15, 0.2) is 30.3 Å². The van der Waals surface area contributed by atoms with Gasteiger partial charge in [-0.3, -0.25) is 0 Å². The van der Waals surface area contributed by atoms with E-state index in [4.69, 9.17) is 10.5 Å². The second-order valence-corrected chi connectivity index (χ2v) is 5.60. The molecule has 0 amide bonds. The summed E-state index contributed by atoms with van der Waals surface area (Å²) < 4.78 is 5.74. The number of hydrogen-bond donors (Lipinski definition) is 1. The van der Waals surface area contributed by atoms with Crippen LogP contribution in [0.2, 0.25) is 0 Å². The van der Waals surface area contributed by atoms with E-state index in [9.17, 15) is 0 Å². The van der Waals surface area contributed by atoms with E-state index < -0.39 is 0 Å². The van der Waals surface area contributed by atoms with Crippen LogP contribution in [-0.2, 0) is 11.3 Å². The maximum Gasteiger partial charge on any atom is 0.0716 e. The molecule has 0 saturated heterocycles. The molecular formula is C15H23NO. The van der Waals surface area contributed by atoms with Crippen molar-refractivity contribution in [3.05, 3.63) is 35.9 Å². The van der Waals surface area contributed by atoms with Crippen molar-refractivity contribution < 1.29 is 4.74 Å². The highest BCUT2D eigenvalue weighted by molar-refractivity contribution is 5.13. The van der Waals surface area contributed by atoms with Crippen LogP contribution in [-0.4, -0.2) is 12.6 Å². The fourth-order valence-corrected chi connectivity index (χ4v) is 2.68. The van der Waals surface area contributed by atoms with Crippen LogP contribution in [0.4, 0.5) is 0 Å². The van der Waals surface area contributed by atoms with Crippen molar-refractivity contribution in [1.82, 2.24) is 0 Å². The van der Waals surface area contributed by atoms with Gasteiger partial charge >= 0.3 is 0 Å². The van der Waals surface area contributed by atoms with Crippen LogP contribution in [0.3, 0.4) is 0 Å². The molecule has 0 aromatic heterocycles. The first kappa shape index (κ1) is 12.6. The molecule has 1 aliphatic carbocycles. The lowest BCUT2D eigenvalue weighted by Crippen LogP contribution is -2.20. The first-order valence-corrected chi connectivity index (χ1v) is 6.55. The van der Waals surface area contributed by atoms with Gasteiger partial charge in [-0.25, -0.2) is 0 Å². The third-order valence-electron chi connectivity index (χ3n) is 3.84. The van der Waals surface area contributed by atoms with Gasteiger partial charge in [0, 0.05) is 12.6 Å².